The van der Waals surface area contributed by atoms with Gasteiger partial charge in [-0.2, -0.15) is 0 Å². The molecule has 38 valence electrons. The van der Waals surface area contributed by atoms with E-state index in [0.717, 1.165) is 0 Å². The molecule has 8 heteroatoms. The number of hydrogen-bond donors (Lipinski definition) is 1. The average molecular weight is 206 g/mol. The SMILES string of the molecule is N[S+]=S(=O)([O-])[O-].[K+].[K+]. The van der Waals surface area contributed by atoms with Crippen molar-refractivity contribution in [2.24, 2.45) is 5.14 Å². The van der Waals surface area contributed by atoms with E-state index in [-0.39, 0.29) is 113 Å². The number of rotatable bonds is 0. The van der Waals surface area contributed by atoms with Gasteiger partial charge >= 0.3 is 113 Å². The minimum absolute atomic E-state index is 0. The van der Waals surface area contributed by atoms with Gasteiger partial charge in [-0.05, 0) is 0 Å². The minimum atomic E-state index is -4.22. The molecular formula is H2K2NO3S2+. The maximum atomic E-state index is 9.28. The van der Waals surface area contributed by atoms with Gasteiger partial charge in [0.05, 0.1) is 9.05 Å². The van der Waals surface area contributed by atoms with Crippen LogP contribution >= 0.6 is 0 Å². The van der Waals surface area contributed by atoms with Gasteiger partial charge in [-0.25, -0.2) is 4.21 Å². The van der Waals surface area contributed by atoms with E-state index in [0.29, 0.717) is 0 Å². The smallest absolute Gasteiger partial charge is 0.744 e. The zero-order chi connectivity index (χ0) is 5.21. The van der Waals surface area contributed by atoms with E-state index >= 15 is 0 Å². The molecule has 8 heavy (non-hydrogen) atoms. The molecule has 0 rings (SSSR count). The van der Waals surface area contributed by atoms with E-state index in [2.05, 4.69) is 5.14 Å². The van der Waals surface area contributed by atoms with Crippen molar-refractivity contribution in [1.29, 1.82) is 0 Å². The summed E-state index contributed by atoms with van der Waals surface area (Å²) in [5.41, 5.74) is 0. The molecule has 0 saturated carbocycles. The van der Waals surface area contributed by atoms with E-state index in [1.54, 1.807) is 0 Å². The Morgan fingerprint density at radius 2 is 1.50 bits per heavy atom. The van der Waals surface area contributed by atoms with Gasteiger partial charge in [0.1, 0.15) is 0 Å². The first-order valence-corrected chi connectivity index (χ1v) is 3.71. The molecule has 0 aliphatic rings. The first-order valence-electron chi connectivity index (χ1n) is 0.902. The molecule has 0 bridgehead atoms. The zero-order valence-electron chi connectivity index (χ0n) is 4.62. The molecule has 0 fully saturated rings. The molecule has 0 saturated heterocycles. The Bertz CT molecular complexity index is 128. The summed E-state index contributed by atoms with van der Waals surface area (Å²) in [6, 6.07) is 0. The van der Waals surface area contributed by atoms with E-state index < -0.39 is 9.05 Å². The molecule has 0 unspecified atom stereocenters. The van der Waals surface area contributed by atoms with Crippen molar-refractivity contribution < 1.29 is 116 Å². The van der Waals surface area contributed by atoms with Gasteiger partial charge < -0.3 is 9.11 Å². The second-order valence-electron chi connectivity index (χ2n) is 0.504. The Labute approximate surface area is 137 Å². The van der Waals surface area contributed by atoms with Gasteiger partial charge in [0.15, 0.2) is 0 Å². The van der Waals surface area contributed by atoms with Gasteiger partial charge in [-0.1, -0.05) is 5.14 Å². The Morgan fingerprint density at radius 3 is 1.50 bits per heavy atom. The second kappa shape index (κ2) is 8.62. The van der Waals surface area contributed by atoms with Crippen molar-refractivity contribution in [3.63, 3.8) is 0 Å². The average Bonchev–Trinajstić information content (AvgIpc) is 1.35. The standard InChI is InChI=1S/2K.H3NO3S2/c;;1-5-6(2,3)4/h;;1H2,(H-,2,3,4)/q2*+1;/p-1. The van der Waals surface area contributed by atoms with Crippen LogP contribution in [0.5, 0.6) is 0 Å². The molecule has 0 aliphatic carbocycles. The summed E-state index contributed by atoms with van der Waals surface area (Å²) in [5.74, 6) is 0. The molecule has 0 radical (unpaired) electrons. The monoisotopic (exact) mass is 206 g/mol. The van der Waals surface area contributed by atoms with Crippen LogP contribution in [-0.4, -0.2) is 13.3 Å². The normalized spacial score (nSPS) is 8.38. The van der Waals surface area contributed by atoms with Crippen molar-refractivity contribution in [2.75, 3.05) is 0 Å². The van der Waals surface area contributed by atoms with E-state index in [1.807, 2.05) is 0 Å². The summed E-state index contributed by atoms with van der Waals surface area (Å²) in [6.07, 6.45) is 0. The van der Waals surface area contributed by atoms with Gasteiger partial charge in [0, 0.05) is 0 Å². The van der Waals surface area contributed by atoms with Crippen molar-refractivity contribution in [1.82, 2.24) is 0 Å². The van der Waals surface area contributed by atoms with Crippen LogP contribution in [0.25, 0.3) is 0 Å². The zero-order valence-corrected chi connectivity index (χ0v) is 12.5. The molecule has 0 spiro atoms. The topological polar surface area (TPSA) is 89.2 Å². The van der Waals surface area contributed by atoms with Gasteiger partial charge in [-0.15, -0.1) is 0 Å². The molecular weight excluding hydrogens is 204 g/mol. The van der Waals surface area contributed by atoms with E-state index in [1.165, 1.54) is 0 Å². The predicted molar refractivity (Wildman–Crippen MR) is 21.2 cm³/mol. The third-order valence-corrected chi connectivity index (χ3v) is 1.06. The van der Waals surface area contributed by atoms with Crippen LogP contribution in [0.15, 0.2) is 0 Å². The van der Waals surface area contributed by atoms with Crippen molar-refractivity contribution >= 4 is 19.6 Å². The fourth-order valence-corrected chi connectivity index (χ4v) is 0. The van der Waals surface area contributed by atoms with Crippen LogP contribution in [0.2, 0.25) is 0 Å². The summed E-state index contributed by atoms with van der Waals surface area (Å²) in [6.45, 7) is 0. The molecule has 0 amide bonds. The summed E-state index contributed by atoms with van der Waals surface area (Å²) in [5, 5.41) is 4.32. The van der Waals surface area contributed by atoms with Crippen LogP contribution in [0, 0.1) is 0 Å². The van der Waals surface area contributed by atoms with Crippen LogP contribution in [0.4, 0.5) is 0 Å². The Balaban J connectivity index is -0.000000125. The van der Waals surface area contributed by atoms with E-state index in [9.17, 15) is 13.3 Å². The van der Waals surface area contributed by atoms with Crippen LogP contribution < -0.4 is 108 Å². The van der Waals surface area contributed by atoms with Gasteiger partial charge in [0.25, 0.3) is 0 Å². The molecule has 0 aliphatic heterocycles. The first-order chi connectivity index (χ1) is 2.56. The molecule has 0 aromatic carbocycles. The summed E-state index contributed by atoms with van der Waals surface area (Å²) in [4.78, 5) is 0. The fraction of sp³-hybridized carbons (Fsp3) is 0. The molecule has 2 N–H and O–H groups in total. The Kier molecular flexibility index (Phi) is 18.9. The summed E-state index contributed by atoms with van der Waals surface area (Å²) in [7, 11) is -4.42. The fourth-order valence-electron chi connectivity index (χ4n) is 0. The molecule has 0 aromatic heterocycles. The molecule has 0 atom stereocenters. The predicted octanol–water partition coefficient (Wildman–Crippen LogP) is -7.59. The van der Waals surface area contributed by atoms with Crippen molar-refractivity contribution in [2.45, 2.75) is 0 Å². The van der Waals surface area contributed by atoms with Crippen LogP contribution in [0.1, 0.15) is 0 Å². The maximum absolute atomic E-state index is 9.28. The maximum Gasteiger partial charge on any atom is 1.00 e. The summed E-state index contributed by atoms with van der Waals surface area (Å²) < 4.78 is 27.8. The van der Waals surface area contributed by atoms with Crippen LogP contribution in [-0.2, 0) is 19.6 Å². The molecule has 0 heterocycles. The number of nitrogens with two attached hydrogens (primary N) is 1. The number of hydrogen-bond acceptors (Lipinski definition) is 3. The van der Waals surface area contributed by atoms with Gasteiger partial charge in [-0.3, -0.25) is 0 Å². The van der Waals surface area contributed by atoms with Crippen LogP contribution in [0.3, 0.4) is 0 Å². The summed E-state index contributed by atoms with van der Waals surface area (Å²) >= 11 is 0. The largest absolute Gasteiger partial charge is 1.00 e. The van der Waals surface area contributed by atoms with E-state index in [4.69, 9.17) is 0 Å². The third-order valence-electron chi connectivity index (χ3n) is 0.118. The van der Waals surface area contributed by atoms with Crippen molar-refractivity contribution in [3.05, 3.63) is 0 Å². The second-order valence-corrected chi connectivity index (χ2v) is 3.32. The molecule has 4 nitrogen and oxygen atoms in total. The Morgan fingerprint density at radius 1 is 1.38 bits per heavy atom. The quantitative estimate of drug-likeness (QED) is 0.242. The molecule has 0 aromatic rings. The third kappa shape index (κ3) is 16.3. The Hall–Kier alpha value is 3.52. The van der Waals surface area contributed by atoms with Crippen molar-refractivity contribution in [3.8, 4) is 0 Å². The first kappa shape index (κ1) is 17.6. The minimum Gasteiger partial charge on any atom is -0.744 e. The van der Waals surface area contributed by atoms with Gasteiger partial charge in [0.2, 0.25) is 0 Å².